The molecular formula is C12H13N3O. The van der Waals surface area contributed by atoms with E-state index in [-0.39, 0.29) is 5.91 Å². The van der Waals surface area contributed by atoms with Crippen molar-refractivity contribution in [1.82, 2.24) is 5.32 Å². The minimum Gasteiger partial charge on any atom is -0.368 e. The maximum atomic E-state index is 11.2. The van der Waals surface area contributed by atoms with Crippen molar-refractivity contribution in [1.29, 1.82) is 5.26 Å². The van der Waals surface area contributed by atoms with Crippen molar-refractivity contribution in [3.05, 3.63) is 29.8 Å². The van der Waals surface area contributed by atoms with Gasteiger partial charge in [-0.1, -0.05) is 12.1 Å². The summed E-state index contributed by atoms with van der Waals surface area (Å²) in [6.45, 7) is 2.06. The number of nitriles is 1. The first-order valence-corrected chi connectivity index (χ1v) is 5.32. The number of hydrogen-bond donors (Lipinski definition) is 1. The summed E-state index contributed by atoms with van der Waals surface area (Å²) in [5, 5.41) is 11.8. The summed E-state index contributed by atoms with van der Waals surface area (Å²) in [6.07, 6.45) is 0.486. The Bertz CT molecular complexity index is 436. The maximum absolute atomic E-state index is 11.2. The number of rotatable bonds is 1. The first-order valence-electron chi connectivity index (χ1n) is 5.32. The van der Waals surface area contributed by atoms with Crippen LogP contribution in [0.3, 0.4) is 0 Å². The van der Waals surface area contributed by atoms with E-state index in [0.717, 1.165) is 12.2 Å². The molecule has 0 aliphatic carbocycles. The molecule has 0 radical (unpaired) electrons. The van der Waals surface area contributed by atoms with Gasteiger partial charge in [-0.15, -0.1) is 0 Å². The number of benzene rings is 1. The Morgan fingerprint density at radius 3 is 2.94 bits per heavy atom. The fourth-order valence-electron chi connectivity index (χ4n) is 1.85. The molecule has 1 aromatic rings. The van der Waals surface area contributed by atoms with Crippen LogP contribution < -0.4 is 10.2 Å². The molecule has 1 amide bonds. The fourth-order valence-corrected chi connectivity index (χ4v) is 1.85. The van der Waals surface area contributed by atoms with E-state index in [4.69, 9.17) is 5.26 Å². The van der Waals surface area contributed by atoms with E-state index in [1.807, 2.05) is 18.2 Å². The van der Waals surface area contributed by atoms with E-state index in [1.165, 1.54) is 0 Å². The Hall–Kier alpha value is -2.02. The Balaban J connectivity index is 2.23. The van der Waals surface area contributed by atoms with Gasteiger partial charge in [0, 0.05) is 26.1 Å². The molecule has 0 aromatic heterocycles. The number of para-hydroxylation sites is 1. The second-order valence-corrected chi connectivity index (χ2v) is 3.72. The van der Waals surface area contributed by atoms with Gasteiger partial charge >= 0.3 is 0 Å². The highest BCUT2D eigenvalue weighted by atomic mass is 16.1. The maximum Gasteiger partial charge on any atom is 0.221 e. The standard InChI is InChI=1S/C12H13N3O/c13-9-10-3-1-2-4-11(10)15-7-5-12(16)14-6-8-15/h1-4H,5-8H2,(H,14,16). The number of hydrogen-bond acceptors (Lipinski definition) is 3. The molecular weight excluding hydrogens is 202 g/mol. The molecule has 1 aliphatic heterocycles. The zero-order valence-electron chi connectivity index (χ0n) is 8.94. The van der Waals surface area contributed by atoms with E-state index in [1.54, 1.807) is 6.07 Å². The molecule has 1 saturated heterocycles. The molecule has 1 N–H and O–H groups in total. The van der Waals surface area contributed by atoms with Crippen molar-refractivity contribution >= 4 is 11.6 Å². The largest absolute Gasteiger partial charge is 0.368 e. The van der Waals surface area contributed by atoms with Crippen molar-refractivity contribution in [3.8, 4) is 6.07 Å². The number of amides is 1. The van der Waals surface area contributed by atoms with Gasteiger partial charge < -0.3 is 10.2 Å². The molecule has 1 aliphatic rings. The van der Waals surface area contributed by atoms with Gasteiger partial charge in [0.25, 0.3) is 0 Å². The molecule has 16 heavy (non-hydrogen) atoms. The quantitative estimate of drug-likeness (QED) is 0.756. The summed E-state index contributed by atoms with van der Waals surface area (Å²) in [6, 6.07) is 9.67. The van der Waals surface area contributed by atoms with E-state index in [2.05, 4.69) is 16.3 Å². The molecule has 4 nitrogen and oxygen atoms in total. The molecule has 0 unspecified atom stereocenters. The highest BCUT2D eigenvalue weighted by Gasteiger charge is 2.15. The van der Waals surface area contributed by atoms with E-state index >= 15 is 0 Å². The lowest BCUT2D eigenvalue weighted by molar-refractivity contribution is -0.120. The van der Waals surface area contributed by atoms with Gasteiger partial charge in [0.1, 0.15) is 6.07 Å². The molecule has 0 spiro atoms. The minimum absolute atomic E-state index is 0.0805. The van der Waals surface area contributed by atoms with Gasteiger partial charge in [-0.25, -0.2) is 0 Å². The van der Waals surface area contributed by atoms with Gasteiger partial charge in [0.05, 0.1) is 11.3 Å². The van der Waals surface area contributed by atoms with Gasteiger partial charge in [0.2, 0.25) is 5.91 Å². The van der Waals surface area contributed by atoms with Crippen molar-refractivity contribution in [2.45, 2.75) is 6.42 Å². The molecule has 1 aromatic carbocycles. The summed E-state index contributed by atoms with van der Waals surface area (Å²) in [5.74, 6) is 0.0805. The van der Waals surface area contributed by atoms with Crippen molar-refractivity contribution < 1.29 is 4.79 Å². The van der Waals surface area contributed by atoms with E-state index < -0.39 is 0 Å². The third-order valence-corrected chi connectivity index (χ3v) is 2.68. The zero-order valence-corrected chi connectivity index (χ0v) is 8.94. The average molecular weight is 215 g/mol. The van der Waals surface area contributed by atoms with Crippen LogP contribution in [0.4, 0.5) is 5.69 Å². The minimum atomic E-state index is 0.0805. The van der Waals surface area contributed by atoms with Crippen LogP contribution in [0.1, 0.15) is 12.0 Å². The van der Waals surface area contributed by atoms with Crippen molar-refractivity contribution in [3.63, 3.8) is 0 Å². The SMILES string of the molecule is N#Cc1ccccc1N1CCNC(=O)CC1. The highest BCUT2D eigenvalue weighted by Crippen LogP contribution is 2.19. The van der Waals surface area contributed by atoms with Crippen LogP contribution in [0.2, 0.25) is 0 Å². The number of anilines is 1. The van der Waals surface area contributed by atoms with E-state index in [0.29, 0.717) is 25.1 Å². The summed E-state index contributed by atoms with van der Waals surface area (Å²) in [4.78, 5) is 13.3. The lowest BCUT2D eigenvalue weighted by atomic mass is 10.1. The summed E-state index contributed by atoms with van der Waals surface area (Å²) < 4.78 is 0. The second-order valence-electron chi connectivity index (χ2n) is 3.72. The Morgan fingerprint density at radius 2 is 2.12 bits per heavy atom. The first-order chi connectivity index (χ1) is 7.81. The lowest BCUT2D eigenvalue weighted by Crippen LogP contribution is -2.28. The predicted octanol–water partition coefficient (Wildman–Crippen LogP) is 0.885. The van der Waals surface area contributed by atoms with Gasteiger partial charge in [0.15, 0.2) is 0 Å². The number of nitrogens with one attached hydrogen (secondary N) is 1. The summed E-state index contributed by atoms with van der Waals surface area (Å²) >= 11 is 0. The molecule has 0 atom stereocenters. The summed E-state index contributed by atoms with van der Waals surface area (Å²) in [7, 11) is 0. The Labute approximate surface area is 94.5 Å². The van der Waals surface area contributed by atoms with Gasteiger partial charge in [-0.3, -0.25) is 4.79 Å². The molecule has 2 rings (SSSR count). The highest BCUT2D eigenvalue weighted by molar-refractivity contribution is 5.77. The smallest absolute Gasteiger partial charge is 0.221 e. The van der Waals surface area contributed by atoms with Crippen LogP contribution in [0.15, 0.2) is 24.3 Å². The Morgan fingerprint density at radius 1 is 1.31 bits per heavy atom. The van der Waals surface area contributed by atoms with Crippen LogP contribution >= 0.6 is 0 Å². The van der Waals surface area contributed by atoms with Crippen LogP contribution in [0.25, 0.3) is 0 Å². The number of nitrogens with zero attached hydrogens (tertiary/aromatic N) is 2. The molecule has 0 bridgehead atoms. The third kappa shape index (κ3) is 2.14. The summed E-state index contributed by atoms with van der Waals surface area (Å²) in [5.41, 5.74) is 1.58. The van der Waals surface area contributed by atoms with E-state index in [9.17, 15) is 4.79 Å². The van der Waals surface area contributed by atoms with Crippen LogP contribution in [0, 0.1) is 11.3 Å². The number of carbonyl (C=O) groups excluding carboxylic acids is 1. The fraction of sp³-hybridized carbons (Fsp3) is 0.333. The van der Waals surface area contributed by atoms with Gasteiger partial charge in [-0.2, -0.15) is 5.26 Å². The van der Waals surface area contributed by atoms with Crippen LogP contribution in [-0.2, 0) is 4.79 Å². The first kappa shape index (κ1) is 10.5. The van der Waals surface area contributed by atoms with Crippen molar-refractivity contribution in [2.24, 2.45) is 0 Å². The topological polar surface area (TPSA) is 56.1 Å². The lowest BCUT2D eigenvalue weighted by Gasteiger charge is -2.22. The van der Waals surface area contributed by atoms with Crippen molar-refractivity contribution in [2.75, 3.05) is 24.5 Å². The second kappa shape index (κ2) is 4.67. The third-order valence-electron chi connectivity index (χ3n) is 2.68. The molecule has 82 valence electrons. The average Bonchev–Trinajstić information content (AvgIpc) is 2.54. The number of carbonyl (C=O) groups is 1. The normalized spacial score (nSPS) is 16.2. The predicted molar refractivity (Wildman–Crippen MR) is 61.0 cm³/mol. The molecule has 1 fully saturated rings. The monoisotopic (exact) mass is 215 g/mol. The van der Waals surface area contributed by atoms with Gasteiger partial charge in [-0.05, 0) is 12.1 Å². The van der Waals surface area contributed by atoms with Crippen LogP contribution in [0.5, 0.6) is 0 Å². The zero-order chi connectivity index (χ0) is 11.4. The molecule has 0 saturated carbocycles. The molecule has 4 heteroatoms. The Kier molecular flexibility index (Phi) is 3.06. The molecule has 1 heterocycles. The van der Waals surface area contributed by atoms with Crippen LogP contribution in [-0.4, -0.2) is 25.5 Å².